The van der Waals surface area contributed by atoms with Crippen LogP contribution >= 0.6 is 0 Å². The van der Waals surface area contributed by atoms with Gasteiger partial charge in [0.1, 0.15) is 0 Å². The second-order valence-corrected chi connectivity index (χ2v) is 5.30. The molecule has 5 heteroatoms. The number of benzene rings is 1. The first-order valence-electron chi connectivity index (χ1n) is 7.22. The Balaban J connectivity index is 2.60. The van der Waals surface area contributed by atoms with Crippen LogP contribution in [0.2, 0.25) is 0 Å². The Hall–Kier alpha value is -1.88. The summed E-state index contributed by atoms with van der Waals surface area (Å²) in [6.45, 7) is 0.884. The lowest BCUT2D eigenvalue weighted by Crippen LogP contribution is -2.31. The van der Waals surface area contributed by atoms with Gasteiger partial charge in [0, 0.05) is 19.9 Å². The quantitative estimate of drug-likeness (QED) is 0.759. The van der Waals surface area contributed by atoms with Crippen LogP contribution in [0.4, 0.5) is 0 Å². The lowest BCUT2D eigenvalue weighted by molar-refractivity contribution is -0.126. The first-order chi connectivity index (χ1) is 10.0. The smallest absolute Gasteiger partial charge is 0.220 e. The van der Waals surface area contributed by atoms with Crippen LogP contribution in [0.15, 0.2) is 30.3 Å². The van der Waals surface area contributed by atoms with Gasteiger partial charge in [-0.25, -0.2) is 0 Å². The largest absolute Gasteiger partial charge is 0.359 e. The normalized spacial score (nSPS) is 12.0. The fourth-order valence-corrected chi connectivity index (χ4v) is 2.01. The van der Waals surface area contributed by atoms with E-state index in [0.29, 0.717) is 0 Å². The van der Waals surface area contributed by atoms with Gasteiger partial charge in [-0.15, -0.1) is 0 Å². The SMILES string of the molecule is CNC(=O)CCC(=O)N[C@@H](CCN(C)C)c1ccccc1. The molecule has 1 rings (SSSR count). The Bertz CT molecular complexity index is 446. The van der Waals surface area contributed by atoms with Crippen molar-refractivity contribution in [3.63, 3.8) is 0 Å². The summed E-state index contributed by atoms with van der Waals surface area (Å²) in [6.07, 6.45) is 1.27. The maximum absolute atomic E-state index is 12.0. The minimum atomic E-state index is -0.116. The summed E-state index contributed by atoms with van der Waals surface area (Å²) in [4.78, 5) is 25.3. The van der Waals surface area contributed by atoms with E-state index < -0.39 is 0 Å². The molecular formula is C16H25N3O2. The van der Waals surface area contributed by atoms with Crippen molar-refractivity contribution in [2.24, 2.45) is 0 Å². The second kappa shape index (κ2) is 9.13. The summed E-state index contributed by atoms with van der Waals surface area (Å²) < 4.78 is 0. The van der Waals surface area contributed by atoms with E-state index in [-0.39, 0.29) is 30.7 Å². The van der Waals surface area contributed by atoms with Crippen molar-refractivity contribution in [3.8, 4) is 0 Å². The standard InChI is InChI=1S/C16H25N3O2/c1-17-15(20)9-10-16(21)18-14(11-12-19(2)3)13-7-5-4-6-8-13/h4-8,14H,9-12H2,1-3H3,(H,17,20)(H,18,21)/t14-/m0/s1. The fraction of sp³-hybridized carbons (Fsp3) is 0.500. The van der Waals surface area contributed by atoms with Gasteiger partial charge in [0.05, 0.1) is 6.04 Å². The number of rotatable bonds is 8. The van der Waals surface area contributed by atoms with Crippen molar-refractivity contribution in [3.05, 3.63) is 35.9 Å². The zero-order valence-corrected chi connectivity index (χ0v) is 13.1. The van der Waals surface area contributed by atoms with Crippen molar-refractivity contribution < 1.29 is 9.59 Å². The van der Waals surface area contributed by atoms with Gasteiger partial charge in [-0.3, -0.25) is 9.59 Å². The third kappa shape index (κ3) is 6.90. The number of hydrogen-bond acceptors (Lipinski definition) is 3. The molecule has 5 nitrogen and oxygen atoms in total. The first-order valence-corrected chi connectivity index (χ1v) is 7.22. The number of carbonyl (C=O) groups excluding carboxylic acids is 2. The molecule has 0 aliphatic rings. The average Bonchev–Trinajstić information content (AvgIpc) is 2.49. The van der Waals surface area contributed by atoms with Crippen molar-refractivity contribution in [1.82, 2.24) is 15.5 Å². The van der Waals surface area contributed by atoms with E-state index in [0.717, 1.165) is 18.5 Å². The van der Waals surface area contributed by atoms with Crippen LogP contribution in [0.3, 0.4) is 0 Å². The molecule has 0 fully saturated rings. The highest BCUT2D eigenvalue weighted by atomic mass is 16.2. The second-order valence-electron chi connectivity index (χ2n) is 5.30. The summed E-state index contributed by atoms with van der Waals surface area (Å²) in [6, 6.07) is 9.90. The van der Waals surface area contributed by atoms with Crippen molar-refractivity contribution in [2.75, 3.05) is 27.7 Å². The van der Waals surface area contributed by atoms with Gasteiger partial charge in [-0.2, -0.15) is 0 Å². The van der Waals surface area contributed by atoms with Crippen LogP contribution < -0.4 is 10.6 Å². The monoisotopic (exact) mass is 291 g/mol. The number of nitrogens with zero attached hydrogens (tertiary/aromatic N) is 1. The zero-order chi connectivity index (χ0) is 15.7. The Morgan fingerprint density at radius 3 is 2.29 bits per heavy atom. The Kier molecular flexibility index (Phi) is 7.46. The highest BCUT2D eigenvalue weighted by Gasteiger charge is 2.15. The lowest BCUT2D eigenvalue weighted by atomic mass is 10.0. The number of hydrogen-bond donors (Lipinski definition) is 2. The molecule has 0 saturated carbocycles. The molecule has 1 aromatic rings. The van der Waals surface area contributed by atoms with Crippen LogP contribution in [0.1, 0.15) is 30.9 Å². The highest BCUT2D eigenvalue weighted by molar-refractivity contribution is 5.83. The van der Waals surface area contributed by atoms with Crippen LogP contribution in [-0.2, 0) is 9.59 Å². The summed E-state index contributed by atoms with van der Waals surface area (Å²) in [5.41, 5.74) is 1.09. The van der Waals surface area contributed by atoms with Crippen LogP contribution in [0.25, 0.3) is 0 Å². The molecule has 0 aromatic heterocycles. The van der Waals surface area contributed by atoms with Crippen LogP contribution in [-0.4, -0.2) is 44.4 Å². The molecule has 0 unspecified atom stereocenters. The van der Waals surface area contributed by atoms with E-state index in [4.69, 9.17) is 0 Å². The van der Waals surface area contributed by atoms with Crippen molar-refractivity contribution in [1.29, 1.82) is 0 Å². The van der Waals surface area contributed by atoms with Crippen LogP contribution in [0.5, 0.6) is 0 Å². The van der Waals surface area contributed by atoms with Gasteiger partial charge in [0.15, 0.2) is 0 Å². The van der Waals surface area contributed by atoms with Gasteiger partial charge in [0.2, 0.25) is 11.8 Å². The number of nitrogens with one attached hydrogen (secondary N) is 2. The predicted molar refractivity (Wildman–Crippen MR) is 83.8 cm³/mol. The average molecular weight is 291 g/mol. The minimum absolute atomic E-state index is 0.0224. The molecule has 0 aliphatic heterocycles. The van der Waals surface area contributed by atoms with Crippen molar-refractivity contribution >= 4 is 11.8 Å². The molecule has 0 spiro atoms. The van der Waals surface area contributed by atoms with E-state index in [1.54, 1.807) is 7.05 Å². The Morgan fingerprint density at radius 2 is 1.71 bits per heavy atom. The van der Waals surface area contributed by atoms with Crippen molar-refractivity contribution in [2.45, 2.75) is 25.3 Å². The summed E-state index contributed by atoms with van der Waals surface area (Å²) in [7, 11) is 5.59. The molecule has 116 valence electrons. The third-order valence-corrected chi connectivity index (χ3v) is 3.26. The molecule has 2 N–H and O–H groups in total. The molecule has 0 heterocycles. The summed E-state index contributed by atoms with van der Waals surface area (Å²) in [5.74, 6) is -0.207. The molecule has 0 saturated heterocycles. The van der Waals surface area contributed by atoms with Crippen LogP contribution in [0, 0.1) is 0 Å². The Labute approximate surface area is 126 Å². The molecule has 2 amide bonds. The molecule has 21 heavy (non-hydrogen) atoms. The van der Waals surface area contributed by atoms with E-state index in [9.17, 15) is 9.59 Å². The fourth-order valence-electron chi connectivity index (χ4n) is 2.01. The molecule has 0 bridgehead atoms. The predicted octanol–water partition coefficient (Wildman–Crippen LogP) is 1.32. The van der Waals surface area contributed by atoms with E-state index in [1.807, 2.05) is 44.4 Å². The lowest BCUT2D eigenvalue weighted by Gasteiger charge is -2.21. The van der Waals surface area contributed by atoms with E-state index in [2.05, 4.69) is 15.5 Å². The first kappa shape index (κ1) is 17.2. The Morgan fingerprint density at radius 1 is 1.10 bits per heavy atom. The van der Waals surface area contributed by atoms with Gasteiger partial charge in [-0.05, 0) is 32.6 Å². The number of carbonyl (C=O) groups is 2. The van der Waals surface area contributed by atoms with Gasteiger partial charge >= 0.3 is 0 Å². The minimum Gasteiger partial charge on any atom is -0.359 e. The third-order valence-electron chi connectivity index (χ3n) is 3.26. The topological polar surface area (TPSA) is 61.4 Å². The molecular weight excluding hydrogens is 266 g/mol. The summed E-state index contributed by atoms with van der Waals surface area (Å²) >= 11 is 0. The highest BCUT2D eigenvalue weighted by Crippen LogP contribution is 2.17. The molecule has 1 aromatic carbocycles. The van der Waals surface area contributed by atoms with E-state index >= 15 is 0 Å². The summed E-state index contributed by atoms with van der Waals surface area (Å²) in [5, 5.41) is 5.54. The van der Waals surface area contributed by atoms with Gasteiger partial charge < -0.3 is 15.5 Å². The zero-order valence-electron chi connectivity index (χ0n) is 13.1. The number of amides is 2. The molecule has 0 radical (unpaired) electrons. The van der Waals surface area contributed by atoms with Gasteiger partial charge in [-0.1, -0.05) is 30.3 Å². The maximum atomic E-state index is 12.0. The molecule has 0 aliphatic carbocycles. The molecule has 1 atom stereocenters. The van der Waals surface area contributed by atoms with E-state index in [1.165, 1.54) is 0 Å². The van der Waals surface area contributed by atoms with Gasteiger partial charge in [0.25, 0.3) is 0 Å². The maximum Gasteiger partial charge on any atom is 0.220 e.